The number of hydrogen-bond donors (Lipinski definition) is 1. The predicted octanol–water partition coefficient (Wildman–Crippen LogP) is 5.48. The first-order valence-corrected chi connectivity index (χ1v) is 15.4. The summed E-state index contributed by atoms with van der Waals surface area (Å²) >= 11 is 19.3. The molecule has 9 nitrogen and oxygen atoms in total. The Morgan fingerprint density at radius 1 is 1.12 bits per heavy atom. The lowest BCUT2D eigenvalue weighted by atomic mass is 9.93. The quantitative estimate of drug-likeness (QED) is 0.183. The number of hydrogen-bond acceptors (Lipinski definition) is 7. The van der Waals surface area contributed by atoms with Crippen molar-refractivity contribution in [3.8, 4) is 11.9 Å². The van der Waals surface area contributed by atoms with Gasteiger partial charge in [-0.25, -0.2) is 9.80 Å². The van der Waals surface area contributed by atoms with Gasteiger partial charge >= 0.3 is 5.97 Å². The summed E-state index contributed by atoms with van der Waals surface area (Å²) in [5.74, 6) is -1.46. The van der Waals surface area contributed by atoms with Gasteiger partial charge in [-0.2, -0.15) is 10.4 Å². The monoisotopic (exact) mass is 634 g/mol. The van der Waals surface area contributed by atoms with Crippen molar-refractivity contribution in [1.82, 2.24) is 9.58 Å². The van der Waals surface area contributed by atoms with Crippen molar-refractivity contribution in [2.24, 2.45) is 5.10 Å². The smallest absolute Gasteiger partial charge is 0.359 e. The molecule has 0 bridgehead atoms. The summed E-state index contributed by atoms with van der Waals surface area (Å²) < 4.78 is 6.46. The van der Waals surface area contributed by atoms with Crippen LogP contribution in [0.25, 0.3) is 6.08 Å². The Morgan fingerprint density at radius 2 is 1.79 bits per heavy atom. The first-order valence-electron chi connectivity index (χ1n) is 14.1. The molecule has 0 saturated heterocycles. The lowest BCUT2D eigenvalue weighted by Crippen LogP contribution is -2.50. The predicted molar refractivity (Wildman–Crippen MR) is 163 cm³/mol. The fourth-order valence-electron chi connectivity index (χ4n) is 5.72. The van der Waals surface area contributed by atoms with Gasteiger partial charge in [0.25, 0.3) is 11.5 Å². The minimum absolute atomic E-state index is 0.00514. The molecule has 1 aliphatic heterocycles. The Morgan fingerprint density at radius 3 is 2.40 bits per heavy atom. The summed E-state index contributed by atoms with van der Waals surface area (Å²) in [7, 11) is 0. The first kappa shape index (κ1) is 31.9. The zero-order valence-electron chi connectivity index (χ0n) is 23.4. The van der Waals surface area contributed by atoms with Gasteiger partial charge < -0.3 is 9.84 Å². The van der Waals surface area contributed by atoms with Crippen LogP contribution in [0.4, 0.5) is 0 Å². The van der Waals surface area contributed by atoms with Gasteiger partial charge in [0.2, 0.25) is 5.88 Å². The van der Waals surface area contributed by atoms with Crippen LogP contribution in [0, 0.1) is 18.3 Å². The molecule has 2 heterocycles. The zero-order chi connectivity index (χ0) is 30.6. The fraction of sp³-hybridized carbons (Fsp3) is 0.500. The van der Waals surface area contributed by atoms with Crippen molar-refractivity contribution in [1.29, 1.82) is 5.26 Å². The number of pyridine rings is 1. The highest BCUT2D eigenvalue weighted by atomic mass is 35.5. The number of amides is 1. The number of carbonyl (C=O) groups is 2. The van der Waals surface area contributed by atoms with Crippen LogP contribution in [0.3, 0.4) is 0 Å². The maximum Gasteiger partial charge on any atom is 0.359 e. The van der Waals surface area contributed by atoms with E-state index in [1.165, 1.54) is 10.6 Å². The summed E-state index contributed by atoms with van der Waals surface area (Å²) in [5, 5.41) is 24.8. The van der Waals surface area contributed by atoms with E-state index < -0.39 is 34.2 Å². The SMILES string of the molecule is CCOC(=O)C1=NN(C2C(Cl)CC(Cl)CC2Cl)C(=O)/C1=C\C=CC=Cc1c(C)c(C#N)c(=O)n(C2CCCCC2)c1O. The Hall–Kier alpha value is -3.06. The molecule has 0 radical (unpaired) electrons. The molecule has 2 saturated carbocycles. The number of allylic oxidation sites excluding steroid dienone is 4. The van der Waals surface area contributed by atoms with Crippen molar-refractivity contribution >= 4 is 58.5 Å². The summed E-state index contributed by atoms with van der Waals surface area (Å²) in [5.41, 5.74) is 0.131. The van der Waals surface area contributed by atoms with Crippen LogP contribution < -0.4 is 5.56 Å². The third-order valence-corrected chi connectivity index (χ3v) is 9.06. The number of halogens is 3. The molecule has 12 heteroatoms. The fourth-order valence-corrected chi connectivity index (χ4v) is 7.35. The highest BCUT2D eigenvalue weighted by Gasteiger charge is 2.46. The summed E-state index contributed by atoms with van der Waals surface area (Å²) in [6, 6.07) is 1.17. The highest BCUT2D eigenvalue weighted by molar-refractivity contribution is 6.51. The van der Waals surface area contributed by atoms with Gasteiger partial charge in [-0.15, -0.1) is 34.8 Å². The number of esters is 1. The molecule has 0 spiro atoms. The Labute approximate surface area is 259 Å². The van der Waals surface area contributed by atoms with E-state index in [1.54, 1.807) is 38.2 Å². The van der Waals surface area contributed by atoms with Crippen molar-refractivity contribution in [3.05, 3.63) is 56.9 Å². The van der Waals surface area contributed by atoms with E-state index in [2.05, 4.69) is 5.10 Å². The summed E-state index contributed by atoms with van der Waals surface area (Å²) in [4.78, 5) is 39.1. The average Bonchev–Trinajstić information content (AvgIpc) is 3.26. The van der Waals surface area contributed by atoms with E-state index in [4.69, 9.17) is 39.5 Å². The normalized spacial score (nSPS) is 26.3. The average molecular weight is 636 g/mol. The molecule has 2 unspecified atom stereocenters. The van der Waals surface area contributed by atoms with Crippen LogP contribution in [0.1, 0.15) is 74.6 Å². The van der Waals surface area contributed by atoms with Gasteiger partial charge in [-0.05, 0) is 57.2 Å². The number of rotatable bonds is 7. The Balaban J connectivity index is 1.62. The van der Waals surface area contributed by atoms with E-state index in [0.717, 1.165) is 37.1 Å². The Bertz CT molecular complexity index is 1440. The largest absolute Gasteiger partial charge is 0.494 e. The van der Waals surface area contributed by atoms with Crippen LogP contribution in [0.15, 0.2) is 39.8 Å². The topological polar surface area (TPSA) is 125 Å². The van der Waals surface area contributed by atoms with Crippen LogP contribution >= 0.6 is 34.8 Å². The molecule has 1 aromatic rings. The first-order chi connectivity index (χ1) is 20.1. The van der Waals surface area contributed by atoms with Gasteiger partial charge in [0.05, 0.1) is 29.0 Å². The zero-order valence-corrected chi connectivity index (χ0v) is 25.7. The molecule has 224 valence electrons. The van der Waals surface area contributed by atoms with Gasteiger partial charge in [0, 0.05) is 17.0 Å². The lowest BCUT2D eigenvalue weighted by molar-refractivity contribution is -0.135. The number of carbonyl (C=O) groups excluding carboxylic acids is 2. The van der Waals surface area contributed by atoms with Gasteiger partial charge in [0.1, 0.15) is 11.6 Å². The minimum Gasteiger partial charge on any atom is -0.494 e. The number of nitriles is 1. The summed E-state index contributed by atoms with van der Waals surface area (Å²) in [6.45, 7) is 3.37. The number of aromatic nitrogens is 1. The van der Waals surface area contributed by atoms with E-state index >= 15 is 0 Å². The summed E-state index contributed by atoms with van der Waals surface area (Å²) in [6.07, 6.45) is 13.2. The van der Waals surface area contributed by atoms with E-state index in [-0.39, 0.29) is 40.8 Å². The van der Waals surface area contributed by atoms with E-state index in [9.17, 15) is 24.8 Å². The number of hydrazone groups is 1. The van der Waals surface area contributed by atoms with Crippen molar-refractivity contribution in [3.63, 3.8) is 0 Å². The number of alkyl halides is 3. The van der Waals surface area contributed by atoms with Gasteiger partial charge in [-0.3, -0.25) is 14.2 Å². The standard InChI is InChI=1S/C30H33Cl3N4O5/c1-3-42-30(41)25-21(29(40)37(35-25)26-23(32)14-18(31)15-24(26)33)13-9-5-8-12-20-17(2)22(16-34)28(39)36(27(20)38)19-10-6-4-7-11-19/h5,8-9,12-13,18-19,23-24,26,38H,3-4,6-7,10-11,14-15H2,1-2H3/b9-5?,12-8?,21-13-. The molecule has 4 rings (SSSR count). The maximum absolute atomic E-state index is 13.4. The number of ether oxygens (including phenoxy) is 1. The molecular formula is C30H33Cl3N4O5. The van der Waals surface area contributed by atoms with Gasteiger partial charge in [0.15, 0.2) is 5.71 Å². The van der Waals surface area contributed by atoms with E-state index in [1.807, 2.05) is 6.07 Å². The molecule has 3 aliphatic rings. The third-order valence-electron chi connectivity index (χ3n) is 7.84. The molecule has 2 fully saturated rings. The second-order valence-electron chi connectivity index (χ2n) is 10.6. The molecule has 2 aliphatic carbocycles. The van der Waals surface area contributed by atoms with Crippen molar-refractivity contribution in [2.45, 2.75) is 87.0 Å². The minimum atomic E-state index is -0.749. The molecule has 1 aromatic heterocycles. The highest BCUT2D eigenvalue weighted by Crippen LogP contribution is 2.37. The Kier molecular flexibility index (Phi) is 10.6. The second kappa shape index (κ2) is 13.9. The third kappa shape index (κ3) is 6.46. The number of nitrogens with zero attached hydrogens (tertiary/aromatic N) is 4. The molecule has 1 N–H and O–H groups in total. The van der Waals surface area contributed by atoms with Crippen LogP contribution in [0.2, 0.25) is 0 Å². The number of aromatic hydroxyl groups is 1. The molecular weight excluding hydrogens is 603 g/mol. The molecule has 42 heavy (non-hydrogen) atoms. The van der Waals surface area contributed by atoms with Crippen molar-refractivity contribution < 1.29 is 19.4 Å². The van der Waals surface area contributed by atoms with Crippen molar-refractivity contribution in [2.75, 3.05) is 6.61 Å². The van der Waals surface area contributed by atoms with Crippen LogP contribution in [0.5, 0.6) is 5.88 Å². The van der Waals surface area contributed by atoms with E-state index in [0.29, 0.717) is 24.0 Å². The molecule has 1 amide bonds. The molecule has 0 aromatic carbocycles. The lowest BCUT2D eigenvalue weighted by Gasteiger charge is -2.37. The second-order valence-corrected chi connectivity index (χ2v) is 12.3. The van der Waals surface area contributed by atoms with Crippen LogP contribution in [-0.2, 0) is 14.3 Å². The molecule has 2 atom stereocenters. The maximum atomic E-state index is 13.4. The van der Waals surface area contributed by atoms with Gasteiger partial charge in [-0.1, -0.05) is 37.5 Å². The van der Waals surface area contributed by atoms with Crippen LogP contribution in [-0.4, -0.2) is 61.1 Å².